The molecule has 1 atom stereocenters. The maximum absolute atomic E-state index is 6.37. The van der Waals surface area contributed by atoms with E-state index in [0.29, 0.717) is 17.6 Å². The maximum Gasteiger partial charge on any atom is 0.151 e. The van der Waals surface area contributed by atoms with Gasteiger partial charge in [0, 0.05) is 10.3 Å². The summed E-state index contributed by atoms with van der Waals surface area (Å²) in [6, 6.07) is 9.92. The second-order valence-corrected chi connectivity index (χ2v) is 8.03. The number of hydrogen-bond donors (Lipinski definition) is 2. The summed E-state index contributed by atoms with van der Waals surface area (Å²) in [6.45, 7) is 4.58. The van der Waals surface area contributed by atoms with E-state index in [1.165, 1.54) is 0 Å². The average molecular weight is 302 g/mol. The highest BCUT2D eigenvalue weighted by Gasteiger charge is 2.33. The predicted molar refractivity (Wildman–Crippen MR) is 90.9 cm³/mol. The molecule has 2 heterocycles. The third-order valence-electron chi connectivity index (χ3n) is 4.09. The summed E-state index contributed by atoms with van der Waals surface area (Å²) in [6.07, 6.45) is 2.20. The van der Waals surface area contributed by atoms with Gasteiger partial charge in [-0.2, -0.15) is 11.8 Å². The Labute approximate surface area is 129 Å². The monoisotopic (exact) mass is 302 g/mol. The van der Waals surface area contributed by atoms with Crippen LogP contribution in [0.1, 0.15) is 38.2 Å². The number of hydrogen-bond acceptors (Lipinski definition) is 4. The number of rotatable bonds is 2. The fourth-order valence-corrected chi connectivity index (χ4v) is 4.40. The van der Waals surface area contributed by atoms with Gasteiger partial charge in [-0.3, -0.25) is 0 Å². The number of nitrogens with zero attached hydrogens (tertiary/aromatic N) is 2. The molecule has 1 aliphatic rings. The van der Waals surface area contributed by atoms with Crippen LogP contribution in [0, 0.1) is 0 Å². The molecule has 3 rings (SSSR count). The Kier molecular flexibility index (Phi) is 3.61. The minimum atomic E-state index is 0.274. The first-order chi connectivity index (χ1) is 9.98. The van der Waals surface area contributed by atoms with Gasteiger partial charge in [-0.05, 0) is 36.6 Å². The lowest BCUT2D eigenvalue weighted by molar-refractivity contribution is 0.508. The molecule has 0 spiro atoms. The molecule has 5 heteroatoms. The summed E-state index contributed by atoms with van der Waals surface area (Å²) < 4.78 is 2.04. The Balaban J connectivity index is 1.99. The van der Waals surface area contributed by atoms with Crippen molar-refractivity contribution in [2.45, 2.75) is 37.4 Å². The Morgan fingerprint density at radius 2 is 1.95 bits per heavy atom. The van der Waals surface area contributed by atoms with Gasteiger partial charge in [-0.15, -0.1) is 5.10 Å². The molecule has 1 unspecified atom stereocenters. The highest BCUT2D eigenvalue weighted by Crippen LogP contribution is 2.46. The molecule has 112 valence electrons. The van der Waals surface area contributed by atoms with Crippen LogP contribution in [0.25, 0.3) is 5.69 Å². The molecule has 1 fully saturated rings. The molecule has 21 heavy (non-hydrogen) atoms. The second kappa shape index (κ2) is 5.30. The maximum atomic E-state index is 6.37. The van der Waals surface area contributed by atoms with E-state index >= 15 is 0 Å². The Bertz CT molecular complexity index is 633. The number of aromatic nitrogens is 2. The standard InChI is InChI=1S/C16H22N4S/c1-16(2)10-11(8-9-21-16)13-14(17)19-20(15(13)18)12-6-4-3-5-7-12/h3-7,11H,8-10,18H2,1-2H3,(H2,17,19). The molecule has 1 aromatic carbocycles. The summed E-state index contributed by atoms with van der Waals surface area (Å²) >= 11 is 2.02. The molecule has 4 N–H and O–H groups in total. The summed E-state index contributed by atoms with van der Waals surface area (Å²) in [4.78, 5) is 0. The van der Waals surface area contributed by atoms with Gasteiger partial charge in [-0.1, -0.05) is 32.0 Å². The van der Waals surface area contributed by atoms with Gasteiger partial charge in [0.05, 0.1) is 5.69 Å². The highest BCUT2D eigenvalue weighted by atomic mass is 32.2. The summed E-state index contributed by atoms with van der Waals surface area (Å²) in [5.41, 5.74) is 14.5. The van der Waals surface area contributed by atoms with E-state index in [1.54, 1.807) is 4.68 Å². The van der Waals surface area contributed by atoms with Crippen molar-refractivity contribution in [3.05, 3.63) is 35.9 Å². The normalized spacial score (nSPS) is 21.3. The minimum Gasteiger partial charge on any atom is -0.383 e. The van der Waals surface area contributed by atoms with Gasteiger partial charge in [0.25, 0.3) is 0 Å². The van der Waals surface area contributed by atoms with Gasteiger partial charge in [-0.25, -0.2) is 4.68 Å². The Hall–Kier alpha value is -1.62. The highest BCUT2D eigenvalue weighted by molar-refractivity contribution is 8.00. The molecular formula is C16H22N4S. The predicted octanol–water partition coefficient (Wildman–Crippen LogP) is 3.43. The SMILES string of the molecule is CC1(C)CC(c2c(N)nn(-c3ccccc3)c2N)CCS1. The third-order valence-corrected chi connectivity index (χ3v) is 5.48. The van der Waals surface area contributed by atoms with E-state index in [9.17, 15) is 0 Å². The Morgan fingerprint density at radius 3 is 2.62 bits per heavy atom. The van der Waals surface area contributed by atoms with Gasteiger partial charge in [0.1, 0.15) is 5.82 Å². The number of thioether (sulfide) groups is 1. The number of benzene rings is 1. The van der Waals surface area contributed by atoms with E-state index in [-0.39, 0.29) is 4.75 Å². The van der Waals surface area contributed by atoms with Crippen molar-refractivity contribution in [3.8, 4) is 5.69 Å². The van der Waals surface area contributed by atoms with Crippen LogP contribution >= 0.6 is 11.8 Å². The smallest absolute Gasteiger partial charge is 0.151 e. The van der Waals surface area contributed by atoms with Gasteiger partial charge in [0.15, 0.2) is 5.82 Å². The van der Waals surface area contributed by atoms with Crippen LogP contribution in [-0.2, 0) is 0 Å². The summed E-state index contributed by atoms with van der Waals surface area (Å²) in [5, 5.41) is 4.47. The van der Waals surface area contributed by atoms with Crippen LogP contribution in [0.15, 0.2) is 30.3 Å². The zero-order chi connectivity index (χ0) is 15.0. The van der Waals surface area contributed by atoms with E-state index in [2.05, 4.69) is 18.9 Å². The topological polar surface area (TPSA) is 69.9 Å². The molecule has 0 bridgehead atoms. The van der Waals surface area contributed by atoms with Crippen LogP contribution in [-0.4, -0.2) is 20.3 Å². The van der Waals surface area contributed by atoms with Crippen molar-refractivity contribution in [2.75, 3.05) is 17.2 Å². The number of nitrogen functional groups attached to an aromatic ring is 2. The number of para-hydroxylation sites is 1. The molecule has 1 saturated heterocycles. The molecule has 0 radical (unpaired) electrons. The van der Waals surface area contributed by atoms with E-state index in [4.69, 9.17) is 11.5 Å². The second-order valence-electron chi connectivity index (χ2n) is 6.23. The van der Waals surface area contributed by atoms with Crippen LogP contribution in [0.2, 0.25) is 0 Å². The number of nitrogens with two attached hydrogens (primary N) is 2. The minimum absolute atomic E-state index is 0.274. The fraction of sp³-hybridized carbons (Fsp3) is 0.438. The quantitative estimate of drug-likeness (QED) is 0.891. The summed E-state index contributed by atoms with van der Waals surface area (Å²) in [5.74, 6) is 2.81. The van der Waals surface area contributed by atoms with Crippen LogP contribution < -0.4 is 11.5 Å². The van der Waals surface area contributed by atoms with Gasteiger partial charge >= 0.3 is 0 Å². The molecule has 0 amide bonds. The largest absolute Gasteiger partial charge is 0.383 e. The lowest BCUT2D eigenvalue weighted by Crippen LogP contribution is -2.25. The van der Waals surface area contributed by atoms with Gasteiger partial charge < -0.3 is 11.5 Å². The molecule has 1 aromatic heterocycles. The van der Waals surface area contributed by atoms with Crippen molar-refractivity contribution in [1.29, 1.82) is 0 Å². The van der Waals surface area contributed by atoms with Gasteiger partial charge in [0.2, 0.25) is 0 Å². The van der Waals surface area contributed by atoms with E-state index in [0.717, 1.165) is 29.8 Å². The first kappa shape index (κ1) is 14.3. The van der Waals surface area contributed by atoms with Crippen molar-refractivity contribution in [2.24, 2.45) is 0 Å². The average Bonchev–Trinajstić information content (AvgIpc) is 2.74. The number of anilines is 2. The molecule has 4 nitrogen and oxygen atoms in total. The van der Waals surface area contributed by atoms with Crippen molar-refractivity contribution in [1.82, 2.24) is 9.78 Å². The van der Waals surface area contributed by atoms with Crippen molar-refractivity contribution in [3.63, 3.8) is 0 Å². The van der Waals surface area contributed by atoms with Crippen LogP contribution in [0.3, 0.4) is 0 Å². The zero-order valence-corrected chi connectivity index (χ0v) is 13.4. The van der Waals surface area contributed by atoms with Crippen LogP contribution in [0.5, 0.6) is 0 Å². The molecule has 2 aromatic rings. The third kappa shape index (κ3) is 2.75. The van der Waals surface area contributed by atoms with E-state index < -0.39 is 0 Å². The lowest BCUT2D eigenvalue weighted by Gasteiger charge is -2.34. The molecular weight excluding hydrogens is 280 g/mol. The first-order valence-electron chi connectivity index (χ1n) is 7.31. The molecule has 0 saturated carbocycles. The molecule has 1 aliphatic heterocycles. The van der Waals surface area contributed by atoms with E-state index in [1.807, 2.05) is 42.1 Å². The first-order valence-corrected chi connectivity index (χ1v) is 8.30. The summed E-state index contributed by atoms with van der Waals surface area (Å²) in [7, 11) is 0. The Morgan fingerprint density at radius 1 is 1.24 bits per heavy atom. The van der Waals surface area contributed by atoms with Crippen molar-refractivity contribution >= 4 is 23.4 Å². The fourth-order valence-electron chi connectivity index (χ4n) is 3.12. The van der Waals surface area contributed by atoms with Crippen LogP contribution in [0.4, 0.5) is 11.6 Å². The molecule has 0 aliphatic carbocycles. The van der Waals surface area contributed by atoms with Crippen molar-refractivity contribution < 1.29 is 0 Å². The zero-order valence-electron chi connectivity index (χ0n) is 12.5. The lowest BCUT2D eigenvalue weighted by atomic mass is 9.88.